The first-order valence-electron chi connectivity index (χ1n) is 5.16. The highest BCUT2D eigenvalue weighted by molar-refractivity contribution is 6.32. The number of nitro groups is 1. The van der Waals surface area contributed by atoms with Gasteiger partial charge in [-0.2, -0.15) is 0 Å². The van der Waals surface area contributed by atoms with Crippen molar-refractivity contribution in [3.05, 3.63) is 44.5 Å². The third-order valence-electron chi connectivity index (χ3n) is 2.43. The molecule has 0 N–H and O–H groups in total. The summed E-state index contributed by atoms with van der Waals surface area (Å²) in [6, 6.07) is 4.37. The van der Waals surface area contributed by atoms with E-state index in [1.54, 1.807) is 0 Å². The summed E-state index contributed by atoms with van der Waals surface area (Å²) in [5.74, 6) is 0.666. The van der Waals surface area contributed by atoms with Crippen LogP contribution in [0, 0.1) is 16.0 Å². The maximum absolute atomic E-state index is 10.7. The summed E-state index contributed by atoms with van der Waals surface area (Å²) in [7, 11) is 0. The van der Waals surface area contributed by atoms with E-state index < -0.39 is 4.92 Å². The molecule has 0 aromatic heterocycles. The van der Waals surface area contributed by atoms with Gasteiger partial charge in [-0.15, -0.1) is 11.6 Å². The number of rotatable bonds is 4. The second-order valence-electron chi connectivity index (χ2n) is 3.97. The zero-order valence-corrected chi connectivity index (χ0v) is 11.1. The molecule has 0 bridgehead atoms. The van der Waals surface area contributed by atoms with Crippen LogP contribution in [0.4, 0.5) is 5.69 Å². The van der Waals surface area contributed by atoms with Gasteiger partial charge in [0.05, 0.1) is 4.92 Å². The van der Waals surface area contributed by atoms with Gasteiger partial charge in [0.15, 0.2) is 0 Å². The molecule has 0 saturated carbocycles. The van der Waals surface area contributed by atoms with Crippen molar-refractivity contribution in [2.24, 2.45) is 5.92 Å². The SMILES string of the molecule is CC(C)C(=Cc1cc([N+](=O)[O-])ccc1Cl)CCl. The van der Waals surface area contributed by atoms with E-state index in [2.05, 4.69) is 0 Å². The Morgan fingerprint density at radius 3 is 2.65 bits per heavy atom. The van der Waals surface area contributed by atoms with E-state index in [9.17, 15) is 10.1 Å². The fourth-order valence-corrected chi connectivity index (χ4v) is 1.87. The first-order chi connectivity index (χ1) is 7.95. The van der Waals surface area contributed by atoms with Crippen LogP contribution in [0.1, 0.15) is 19.4 Å². The van der Waals surface area contributed by atoms with Crippen molar-refractivity contribution >= 4 is 35.0 Å². The highest BCUT2D eigenvalue weighted by atomic mass is 35.5. The fourth-order valence-electron chi connectivity index (χ4n) is 1.31. The molecule has 0 spiro atoms. The Morgan fingerprint density at radius 2 is 2.18 bits per heavy atom. The second kappa shape index (κ2) is 6.03. The van der Waals surface area contributed by atoms with Gasteiger partial charge in [0.25, 0.3) is 5.69 Å². The lowest BCUT2D eigenvalue weighted by Gasteiger charge is -2.08. The van der Waals surface area contributed by atoms with Crippen molar-refractivity contribution < 1.29 is 4.92 Å². The summed E-state index contributed by atoms with van der Waals surface area (Å²) in [4.78, 5) is 10.2. The Labute approximate surface area is 110 Å². The van der Waals surface area contributed by atoms with Gasteiger partial charge >= 0.3 is 0 Å². The third kappa shape index (κ3) is 3.72. The van der Waals surface area contributed by atoms with E-state index in [-0.39, 0.29) is 11.6 Å². The summed E-state index contributed by atoms with van der Waals surface area (Å²) in [5.41, 5.74) is 1.65. The number of allylic oxidation sites excluding steroid dienone is 1. The van der Waals surface area contributed by atoms with Gasteiger partial charge < -0.3 is 0 Å². The molecule has 0 fully saturated rings. The first-order valence-corrected chi connectivity index (χ1v) is 6.07. The molecule has 1 aromatic rings. The first kappa shape index (κ1) is 14.0. The Balaban J connectivity index is 3.21. The molecule has 92 valence electrons. The number of nitrogens with zero attached hydrogens (tertiary/aromatic N) is 1. The lowest BCUT2D eigenvalue weighted by atomic mass is 10.0. The van der Waals surface area contributed by atoms with Crippen molar-refractivity contribution in [2.75, 3.05) is 5.88 Å². The molecule has 5 heteroatoms. The van der Waals surface area contributed by atoms with Crippen molar-refractivity contribution in [1.29, 1.82) is 0 Å². The summed E-state index contributed by atoms with van der Waals surface area (Å²) >= 11 is 11.8. The summed E-state index contributed by atoms with van der Waals surface area (Å²) < 4.78 is 0. The molecule has 0 aliphatic heterocycles. The summed E-state index contributed by atoms with van der Waals surface area (Å²) in [6.45, 7) is 4.03. The van der Waals surface area contributed by atoms with E-state index in [0.717, 1.165) is 5.57 Å². The molecule has 17 heavy (non-hydrogen) atoms. The smallest absolute Gasteiger partial charge is 0.258 e. The monoisotopic (exact) mass is 273 g/mol. The zero-order valence-electron chi connectivity index (χ0n) is 9.61. The van der Waals surface area contributed by atoms with Crippen molar-refractivity contribution in [2.45, 2.75) is 13.8 Å². The number of hydrogen-bond donors (Lipinski definition) is 0. The molecule has 0 aliphatic carbocycles. The van der Waals surface area contributed by atoms with Crippen LogP contribution in [0.15, 0.2) is 23.8 Å². The van der Waals surface area contributed by atoms with Crippen molar-refractivity contribution in [1.82, 2.24) is 0 Å². The lowest BCUT2D eigenvalue weighted by Crippen LogP contribution is -1.96. The maximum Gasteiger partial charge on any atom is 0.270 e. The predicted octanol–water partition coefficient (Wildman–Crippen LogP) is 4.53. The van der Waals surface area contributed by atoms with Crippen LogP contribution in [0.3, 0.4) is 0 Å². The van der Waals surface area contributed by atoms with Gasteiger partial charge in [-0.05, 0) is 17.5 Å². The maximum atomic E-state index is 10.7. The van der Waals surface area contributed by atoms with Gasteiger partial charge in [-0.25, -0.2) is 0 Å². The molecule has 0 unspecified atom stereocenters. The van der Waals surface area contributed by atoms with Gasteiger partial charge in [0.1, 0.15) is 0 Å². The minimum atomic E-state index is -0.441. The number of benzene rings is 1. The van der Waals surface area contributed by atoms with Crippen LogP contribution >= 0.6 is 23.2 Å². The normalized spacial score (nSPS) is 11.9. The number of nitro benzene ring substituents is 1. The van der Waals surface area contributed by atoms with Gasteiger partial charge in [-0.1, -0.05) is 37.1 Å². The fraction of sp³-hybridized carbons (Fsp3) is 0.333. The number of halogens is 2. The molecular weight excluding hydrogens is 261 g/mol. The van der Waals surface area contributed by atoms with E-state index in [0.29, 0.717) is 16.5 Å². The highest BCUT2D eigenvalue weighted by Crippen LogP contribution is 2.26. The Morgan fingerprint density at radius 1 is 1.53 bits per heavy atom. The molecule has 0 amide bonds. The van der Waals surface area contributed by atoms with Crippen molar-refractivity contribution in [3.8, 4) is 0 Å². The number of hydrogen-bond acceptors (Lipinski definition) is 2. The quantitative estimate of drug-likeness (QED) is 0.460. The average Bonchev–Trinajstić information content (AvgIpc) is 2.27. The van der Waals surface area contributed by atoms with Gasteiger partial charge in [-0.3, -0.25) is 10.1 Å². The van der Waals surface area contributed by atoms with Crippen LogP contribution in [0.2, 0.25) is 5.02 Å². The van der Waals surface area contributed by atoms with Crippen molar-refractivity contribution in [3.63, 3.8) is 0 Å². The topological polar surface area (TPSA) is 43.1 Å². The predicted molar refractivity (Wildman–Crippen MR) is 71.6 cm³/mol. The molecule has 3 nitrogen and oxygen atoms in total. The van der Waals surface area contributed by atoms with E-state index >= 15 is 0 Å². The van der Waals surface area contributed by atoms with Crippen LogP contribution in [0.25, 0.3) is 6.08 Å². The van der Waals surface area contributed by atoms with Crippen LogP contribution in [-0.4, -0.2) is 10.8 Å². The molecule has 1 aromatic carbocycles. The Kier molecular flexibility index (Phi) is 4.97. The molecular formula is C12H13Cl2NO2. The zero-order chi connectivity index (χ0) is 13.0. The minimum absolute atomic E-state index is 0.0262. The minimum Gasteiger partial charge on any atom is -0.258 e. The summed E-state index contributed by atoms with van der Waals surface area (Å²) in [6.07, 6.45) is 1.81. The van der Waals surface area contributed by atoms with Crippen LogP contribution < -0.4 is 0 Å². The molecule has 0 aliphatic rings. The average molecular weight is 274 g/mol. The lowest BCUT2D eigenvalue weighted by molar-refractivity contribution is -0.384. The second-order valence-corrected chi connectivity index (χ2v) is 4.64. The third-order valence-corrected chi connectivity index (χ3v) is 3.08. The van der Waals surface area contributed by atoms with E-state index in [1.165, 1.54) is 18.2 Å². The van der Waals surface area contributed by atoms with Crippen LogP contribution in [0.5, 0.6) is 0 Å². The largest absolute Gasteiger partial charge is 0.270 e. The molecule has 0 radical (unpaired) electrons. The van der Waals surface area contributed by atoms with Gasteiger partial charge in [0, 0.05) is 23.0 Å². The van der Waals surface area contributed by atoms with Gasteiger partial charge in [0.2, 0.25) is 0 Å². The molecule has 0 heterocycles. The Bertz CT molecular complexity index is 456. The van der Waals surface area contributed by atoms with Crippen LogP contribution in [-0.2, 0) is 0 Å². The Hall–Kier alpha value is -1.06. The molecule has 1 rings (SSSR count). The summed E-state index contributed by atoms with van der Waals surface area (Å²) in [5, 5.41) is 11.2. The highest BCUT2D eigenvalue weighted by Gasteiger charge is 2.10. The molecule has 0 saturated heterocycles. The number of non-ortho nitro benzene ring substituents is 1. The van der Waals surface area contributed by atoms with E-state index in [1.807, 2.05) is 19.9 Å². The number of alkyl halides is 1. The standard InChI is InChI=1S/C12H13Cl2NO2/c1-8(2)10(7-13)5-9-6-11(15(16)17)3-4-12(9)14/h3-6,8H,7H2,1-2H3. The molecule has 0 atom stereocenters. The van der Waals surface area contributed by atoms with E-state index in [4.69, 9.17) is 23.2 Å².